The Bertz CT molecular complexity index is 2340. The predicted octanol–water partition coefficient (Wildman–Crippen LogP) is 7.01. The van der Waals surface area contributed by atoms with Gasteiger partial charge in [-0.1, -0.05) is 86.9 Å². The van der Waals surface area contributed by atoms with Crippen molar-refractivity contribution >= 4 is 87.7 Å². The lowest BCUT2D eigenvalue weighted by Crippen LogP contribution is -2.58. The number of likely N-dealkylation sites (tertiary alicyclic amines) is 2. The molecule has 1 amide bonds. The van der Waals surface area contributed by atoms with Crippen LogP contribution in [0.5, 0.6) is 0 Å². The molecule has 9 rings (SSSR count). The van der Waals surface area contributed by atoms with E-state index in [1.165, 1.54) is 22.9 Å². The highest BCUT2D eigenvalue weighted by Crippen LogP contribution is 2.54. The van der Waals surface area contributed by atoms with Crippen LogP contribution in [-0.4, -0.2) is 155 Å². The Kier molecular flexibility index (Phi) is 23.0. The molecule has 2 aromatic carbocycles. The number of thioether (sulfide) groups is 1. The number of ether oxygens (including phenoxy) is 2. The first-order valence-corrected chi connectivity index (χ1v) is 27.4. The molecule has 7 aliphatic rings. The molecule has 406 valence electrons. The van der Waals surface area contributed by atoms with Crippen LogP contribution >= 0.6 is 47.4 Å². The summed E-state index contributed by atoms with van der Waals surface area (Å²) in [5.74, 6) is 1.83. The summed E-state index contributed by atoms with van der Waals surface area (Å²) < 4.78 is 11.9. The number of aliphatic carboxylic acids is 1. The van der Waals surface area contributed by atoms with Crippen LogP contribution in [0.1, 0.15) is 97.1 Å². The zero-order chi connectivity index (χ0) is 52.9. The molecule has 0 aromatic heterocycles. The summed E-state index contributed by atoms with van der Waals surface area (Å²) in [6.07, 6.45) is 11.4. The Labute approximate surface area is 457 Å². The van der Waals surface area contributed by atoms with Crippen molar-refractivity contribution in [2.75, 3.05) is 58.7 Å². The molecule has 0 radical (unpaired) electrons. The van der Waals surface area contributed by atoms with Crippen LogP contribution in [0.3, 0.4) is 0 Å². The number of benzene rings is 2. The molecule has 21 heteroatoms. The topological polar surface area (TPSA) is 228 Å². The van der Waals surface area contributed by atoms with E-state index in [9.17, 15) is 14.4 Å². The van der Waals surface area contributed by atoms with Gasteiger partial charge in [0.1, 0.15) is 29.7 Å². The average molecular weight is 1100 g/mol. The minimum Gasteiger partial charge on any atom is -0.481 e. The highest BCUT2D eigenvalue weighted by atomic mass is 35.5. The largest absolute Gasteiger partial charge is 0.481 e. The average Bonchev–Trinajstić information content (AvgIpc) is 4.08. The van der Waals surface area contributed by atoms with Gasteiger partial charge in [-0.05, 0) is 96.9 Å². The number of rotatable bonds is 10. The Morgan fingerprint density at radius 2 is 1.49 bits per heavy atom. The van der Waals surface area contributed by atoms with Gasteiger partial charge < -0.3 is 40.7 Å². The maximum absolute atomic E-state index is 13.1. The number of carbonyl (C=O) groups excluding carboxylic acids is 3. The van der Waals surface area contributed by atoms with Crippen LogP contribution in [0, 0.1) is 28.2 Å². The summed E-state index contributed by atoms with van der Waals surface area (Å²) >= 11 is 13.4. The van der Waals surface area contributed by atoms with E-state index in [0.717, 1.165) is 79.6 Å². The SMILES string of the molecule is CC(=O)O.CC1(C)CC1CC(=O)[C@H]1CN(C2CCN(C3=NN=C(N)C3)CC2)[C@@H](Cc2ccc(Cl)cc2)CO1.CC1(C)CC1NC(=O)[C@H]1CN[C@@H](Cc2ccc(Cl)cc2)CO1.CSC(=NC#N)N1CCC(=O)CC1.Cl. The zero-order valence-electron chi connectivity index (χ0n) is 43.6. The van der Waals surface area contributed by atoms with E-state index in [4.69, 9.17) is 53.6 Å². The molecule has 6 atom stereocenters. The third kappa shape index (κ3) is 18.8. The molecule has 2 unspecified atom stereocenters. The van der Waals surface area contributed by atoms with E-state index < -0.39 is 5.97 Å². The summed E-state index contributed by atoms with van der Waals surface area (Å²) in [6.45, 7) is 15.6. The molecule has 5 aliphatic heterocycles. The van der Waals surface area contributed by atoms with Gasteiger partial charge >= 0.3 is 0 Å². The summed E-state index contributed by atoms with van der Waals surface area (Å²) in [4.78, 5) is 55.7. The van der Waals surface area contributed by atoms with Gasteiger partial charge in [0.15, 0.2) is 11.0 Å². The molecule has 5 heterocycles. The number of amidine groups is 3. The highest BCUT2D eigenvalue weighted by Gasteiger charge is 2.49. The van der Waals surface area contributed by atoms with Crippen LogP contribution in [0.2, 0.25) is 10.0 Å². The Hall–Kier alpha value is -4.32. The first-order chi connectivity index (χ1) is 34.7. The second kappa shape index (κ2) is 28.2. The number of nitriles is 1. The first kappa shape index (κ1) is 60.5. The first-order valence-electron chi connectivity index (χ1n) is 25.4. The molecule has 74 heavy (non-hydrogen) atoms. The van der Waals surface area contributed by atoms with Crippen LogP contribution in [0.15, 0.2) is 63.7 Å². The number of Topliss-reactive ketones (excluding diaryl/α,β-unsaturated/α-hetero) is 2. The van der Waals surface area contributed by atoms with Crippen molar-refractivity contribution in [2.24, 2.45) is 37.7 Å². The number of nitrogens with two attached hydrogens (primary N) is 1. The fourth-order valence-electron chi connectivity index (χ4n) is 9.75. The standard InChI is InChI=1S/C26H36ClN5O2.C17H23ClN2O2.C8H11N3OS.C2H4O2.ClH/c1-26(2)14-18(26)12-22(33)23-15-32(21(16-34-23)11-17-3-5-19(27)6-4-17)20-7-9-31(10-8-20)25-13-24(28)29-30-25;1-17(2)8-15(17)20-16(21)14-9-19-13(10-22-14)7-11-3-5-12(18)6-4-11;1-13-8(10-6-9)11-4-2-7(12)3-5-11;1-2(3)4;/h3-6,18,20-21,23H,7-16H2,1-2H3,(H2,28,29);3-6,13-15,19H,7-10H2,1-2H3,(H,20,21);2-5H2,1H3;1H3,(H,3,4);1H/t18?,21-,23+;13-,14+,15?;;;/m00.../s1. The number of carboxylic acids is 1. The number of hydrogen-bond donors (Lipinski definition) is 4. The second-order valence-corrected chi connectivity index (χ2v) is 23.0. The number of aliphatic imine (C=N–C) groups is 1. The quantitative estimate of drug-likeness (QED) is 0.107. The number of piperidine rings is 2. The molecule has 6 fully saturated rings. The van der Waals surface area contributed by atoms with Crippen LogP contribution in [-0.2, 0) is 41.5 Å². The lowest BCUT2D eigenvalue weighted by atomic mass is 9.94. The van der Waals surface area contributed by atoms with E-state index in [2.05, 4.69) is 75.5 Å². The fraction of sp³-hybridized carbons (Fsp3) is 0.623. The summed E-state index contributed by atoms with van der Waals surface area (Å²) in [6, 6.07) is 17.1. The Morgan fingerprint density at radius 3 is 1.97 bits per heavy atom. The van der Waals surface area contributed by atoms with E-state index in [0.29, 0.717) is 100 Å². The smallest absolute Gasteiger partial charge is 0.300 e. The molecule has 17 nitrogen and oxygen atoms in total. The monoisotopic (exact) mass is 1100 g/mol. The van der Waals surface area contributed by atoms with E-state index in [1.54, 1.807) is 6.19 Å². The molecule has 4 saturated heterocycles. The van der Waals surface area contributed by atoms with Crippen LogP contribution in [0.4, 0.5) is 0 Å². The van der Waals surface area contributed by atoms with Gasteiger partial charge in [0.25, 0.3) is 11.9 Å². The normalized spacial score (nSPS) is 26.1. The van der Waals surface area contributed by atoms with Crippen LogP contribution in [0.25, 0.3) is 0 Å². The van der Waals surface area contributed by atoms with Crippen molar-refractivity contribution in [2.45, 2.75) is 135 Å². The minimum atomic E-state index is -0.833. The third-order valence-corrected chi connectivity index (χ3v) is 15.9. The molecule has 5 N–H and O–H groups in total. The fourth-order valence-corrected chi connectivity index (χ4v) is 10.6. The third-order valence-electron chi connectivity index (χ3n) is 14.7. The number of nitrogens with one attached hydrogen (secondary N) is 2. The molecule has 2 aliphatic carbocycles. The molecule has 0 bridgehead atoms. The lowest BCUT2D eigenvalue weighted by Gasteiger charge is -2.46. The van der Waals surface area contributed by atoms with Crippen LogP contribution < -0.4 is 16.4 Å². The van der Waals surface area contributed by atoms with Gasteiger partial charge in [0.05, 0.1) is 19.6 Å². The Morgan fingerprint density at radius 1 is 0.919 bits per heavy atom. The summed E-state index contributed by atoms with van der Waals surface area (Å²) in [5, 5.41) is 32.8. The molecular formula is C53H75Cl3N10O7S. The lowest BCUT2D eigenvalue weighted by molar-refractivity contribution is -0.143. The number of halogens is 3. The Balaban J connectivity index is 0.000000217. The number of ketones is 2. The maximum atomic E-state index is 13.1. The summed E-state index contributed by atoms with van der Waals surface area (Å²) in [5.41, 5.74) is 8.84. The van der Waals surface area contributed by atoms with Crippen molar-refractivity contribution in [3.63, 3.8) is 0 Å². The molecule has 2 saturated carbocycles. The van der Waals surface area contributed by atoms with Crippen molar-refractivity contribution in [1.29, 1.82) is 5.26 Å². The number of carbonyl (C=O) groups is 4. The molecule has 2 aromatic rings. The van der Waals surface area contributed by atoms with Gasteiger partial charge in [-0.3, -0.25) is 24.1 Å². The maximum Gasteiger partial charge on any atom is 0.300 e. The number of amides is 1. The molecule has 0 spiro atoms. The number of morpholine rings is 2. The second-order valence-electron chi connectivity index (χ2n) is 21.3. The highest BCUT2D eigenvalue weighted by molar-refractivity contribution is 8.13. The van der Waals surface area contributed by atoms with E-state index in [-0.39, 0.29) is 53.8 Å². The van der Waals surface area contributed by atoms with Crippen molar-refractivity contribution < 1.29 is 33.8 Å². The van der Waals surface area contributed by atoms with Gasteiger partial charge in [-0.2, -0.15) is 5.26 Å². The van der Waals surface area contributed by atoms with E-state index >= 15 is 0 Å². The predicted molar refractivity (Wildman–Crippen MR) is 295 cm³/mol. The minimum absolute atomic E-state index is 0. The number of nitrogens with zero attached hydrogens (tertiary/aromatic N) is 7. The van der Waals surface area contributed by atoms with E-state index in [1.807, 2.05) is 47.6 Å². The van der Waals surface area contributed by atoms with Gasteiger partial charge in [-0.25, -0.2) is 0 Å². The summed E-state index contributed by atoms with van der Waals surface area (Å²) in [7, 11) is 0. The zero-order valence-corrected chi connectivity index (χ0v) is 46.7. The number of hydrogen-bond acceptors (Lipinski definition) is 15. The van der Waals surface area contributed by atoms with Crippen molar-refractivity contribution in [3.8, 4) is 6.19 Å². The van der Waals surface area contributed by atoms with Gasteiger partial charge in [0, 0.05) is 99.7 Å². The molecular weight excluding hydrogens is 1030 g/mol. The van der Waals surface area contributed by atoms with Crippen molar-refractivity contribution in [1.82, 2.24) is 25.3 Å². The van der Waals surface area contributed by atoms with Gasteiger partial charge in [-0.15, -0.1) is 27.6 Å². The van der Waals surface area contributed by atoms with Crippen molar-refractivity contribution in [3.05, 3.63) is 69.7 Å². The van der Waals surface area contributed by atoms with Gasteiger partial charge in [0.2, 0.25) is 6.19 Å². The number of carboxylic acid groups (broad SMARTS) is 1.